The number of rotatable bonds is 0. The van der Waals surface area contributed by atoms with Gasteiger partial charge >= 0.3 is 514 Å². The topological polar surface area (TPSA) is 38.7 Å². The molecule has 0 amide bonds. The van der Waals surface area contributed by atoms with E-state index in [4.69, 9.17) is 0 Å². The molecule has 9 heteroatoms. The molecule has 0 aliphatic rings. The van der Waals surface area contributed by atoms with E-state index in [1.165, 1.54) is 51.1 Å². The van der Waals surface area contributed by atoms with Gasteiger partial charge in [-0.05, 0) is 0 Å². The Morgan fingerprint density at radius 3 is 1.28 bits per heavy atom. The fraction of sp³-hybridized carbons (Fsp3) is 0.464. The van der Waals surface area contributed by atoms with Crippen LogP contribution in [0.3, 0.4) is 0 Å². The molecule has 0 fully saturated rings. The quantitative estimate of drug-likeness (QED) is 0.142. The van der Waals surface area contributed by atoms with Gasteiger partial charge in [-0.2, -0.15) is 0 Å². The van der Waals surface area contributed by atoms with Crippen LogP contribution in [-0.4, -0.2) is 102 Å². The Kier molecular flexibility index (Phi) is 22.6. The Balaban J connectivity index is 0.000000173. The third-order valence-corrected chi connectivity index (χ3v) is 30.7. The summed E-state index contributed by atoms with van der Waals surface area (Å²) in [6.45, 7) is 59.4. The monoisotopic (exact) mass is 1440 g/mol. The van der Waals surface area contributed by atoms with Crippen molar-refractivity contribution >= 4 is 126 Å². The molecule has 10 rings (SSSR count). The molecular weight excluding hydrogens is 1340 g/mol. The van der Waals surface area contributed by atoms with Crippen LogP contribution < -0.4 is 0 Å². The molecule has 0 N–H and O–H groups in total. The predicted octanol–water partition coefficient (Wildman–Crippen LogP) is 17.5. The first-order valence-electron chi connectivity index (χ1n) is 27.5. The number of aryl methyl sites for hydroxylation is 7. The van der Waals surface area contributed by atoms with Gasteiger partial charge in [-0.25, -0.2) is 0 Å². The maximum absolute atomic E-state index is 4.46. The average Bonchev–Trinajstić information content (AvgIpc) is 4.19. The minimum atomic E-state index is 0.290. The van der Waals surface area contributed by atoms with E-state index < -0.39 is 0 Å². The number of nitrogens with zero attached hydrogens (tertiary/aromatic N) is 3. The number of hydrogen-bond acceptors (Lipinski definition) is 3. The molecule has 10 aromatic rings. The van der Waals surface area contributed by atoms with Crippen molar-refractivity contribution in [1.29, 1.82) is 0 Å². The summed E-state index contributed by atoms with van der Waals surface area (Å²) in [7, 11) is 0. The summed E-state index contributed by atoms with van der Waals surface area (Å²) in [5, 5.41) is 4.29. The number of pyridine rings is 3. The second-order valence-electron chi connectivity index (χ2n) is 26.9. The summed E-state index contributed by atoms with van der Waals surface area (Å²) in [5.41, 5.74) is 13.8. The van der Waals surface area contributed by atoms with Crippen LogP contribution in [0.5, 0.6) is 0 Å². The van der Waals surface area contributed by atoms with Crippen molar-refractivity contribution in [3.63, 3.8) is 0 Å². The third kappa shape index (κ3) is 16.9. The SMILES string of the molecule is Cc1[se]c(C)c(C(C)(C)C)c1C.Cc1[se]c2ccccc2c1C(C)(C)C.Cc1[se]ccc1C(C)(C)C.Cc1c(C(C)(C)C)[se]c2cccnc12.Cc1c(C(C)(C)C)[se]c2ccncc12.Cc1c(C(C)(C)C)[se]c2cnccc12. The molecule has 0 saturated carbocycles. The Morgan fingerprint density at radius 2 is 0.821 bits per heavy atom. The second kappa shape index (κ2) is 26.5. The molecule has 0 aliphatic heterocycles. The van der Waals surface area contributed by atoms with Crippen LogP contribution in [-0.2, 0) is 32.5 Å². The van der Waals surface area contributed by atoms with Crippen LogP contribution in [0.25, 0.3) is 38.7 Å². The van der Waals surface area contributed by atoms with Crippen molar-refractivity contribution in [2.75, 3.05) is 0 Å². The summed E-state index contributed by atoms with van der Waals surface area (Å²) < 4.78 is 17.2. The standard InChI is InChI=1S/C13H16Se.3C12H15NSe.C11H18Se.C9H14Se/c1-9-12(13(2,3)4)10-7-5-6-8-11(10)14-9;1-8-9-7-13-6-5-10(9)14-11(8)12(2,3)4;1-8-9-5-6-13-7-10(9)14-11(8)12(2,3)4;1-8-10-9(6-5-7-13-10)14-11(8)12(2,3)4;1-7-8(2)12-9(3)10(7)11(4,5)6;1-7-8(5-6-10-7)9(2,3)4/h5-8H,1-4H3;3*5-7H,1-4H3;1-6H3;5-6H,1-4H3. The molecule has 9 heterocycles. The Morgan fingerprint density at radius 1 is 0.333 bits per heavy atom. The molecule has 1 aromatic carbocycles. The van der Waals surface area contributed by atoms with Crippen LogP contribution in [0, 0.1) is 55.4 Å². The van der Waals surface area contributed by atoms with Crippen LogP contribution in [0.4, 0.5) is 0 Å². The zero-order valence-corrected chi connectivity index (χ0v) is 62.7. The maximum atomic E-state index is 4.46. The Hall–Kier alpha value is -2.29. The third-order valence-electron chi connectivity index (χ3n) is 13.7. The molecule has 78 heavy (non-hydrogen) atoms. The molecule has 420 valence electrons. The van der Waals surface area contributed by atoms with E-state index >= 15 is 0 Å². The number of fused-ring (bicyclic) bond motifs is 4. The Labute approximate surface area is 508 Å². The van der Waals surface area contributed by atoms with Crippen molar-refractivity contribution in [1.82, 2.24) is 15.0 Å². The first-order valence-corrected chi connectivity index (χ1v) is 37.9. The van der Waals surface area contributed by atoms with Gasteiger partial charge in [0.2, 0.25) is 0 Å². The molecule has 0 spiro atoms. The van der Waals surface area contributed by atoms with E-state index in [0.717, 1.165) is 0 Å². The zero-order valence-electron chi connectivity index (χ0n) is 52.5. The summed E-state index contributed by atoms with van der Waals surface area (Å²) in [5.74, 6) is 0. The fourth-order valence-electron chi connectivity index (χ4n) is 10.5. The van der Waals surface area contributed by atoms with Gasteiger partial charge in [0.25, 0.3) is 0 Å². The van der Waals surface area contributed by atoms with E-state index in [0.29, 0.717) is 120 Å². The van der Waals surface area contributed by atoms with Gasteiger partial charge in [-0.1, -0.05) is 0 Å². The molecule has 9 aromatic heterocycles. The van der Waals surface area contributed by atoms with Gasteiger partial charge < -0.3 is 0 Å². The van der Waals surface area contributed by atoms with Gasteiger partial charge in [0, 0.05) is 0 Å². The molecule has 0 bridgehead atoms. The van der Waals surface area contributed by atoms with E-state index in [9.17, 15) is 0 Å². The van der Waals surface area contributed by atoms with Gasteiger partial charge in [0.05, 0.1) is 0 Å². The first kappa shape index (κ1) is 66.5. The molecular formula is C69H93N3Se6. The van der Waals surface area contributed by atoms with E-state index in [1.807, 2.05) is 37.1 Å². The van der Waals surface area contributed by atoms with Crippen molar-refractivity contribution < 1.29 is 0 Å². The van der Waals surface area contributed by atoms with Crippen LogP contribution >= 0.6 is 0 Å². The molecule has 0 aliphatic carbocycles. The van der Waals surface area contributed by atoms with Crippen molar-refractivity contribution in [2.24, 2.45) is 0 Å². The van der Waals surface area contributed by atoms with E-state index in [1.54, 1.807) is 57.6 Å². The van der Waals surface area contributed by atoms with Crippen LogP contribution in [0.1, 0.15) is 195 Å². The number of aromatic nitrogens is 3. The number of hydrogen-bond donors (Lipinski definition) is 0. The first-order chi connectivity index (χ1) is 35.8. The van der Waals surface area contributed by atoms with Crippen LogP contribution in [0.2, 0.25) is 0 Å². The Bertz CT molecular complexity index is 3330. The summed E-state index contributed by atoms with van der Waals surface area (Å²) in [6.07, 6.45) is 9.72. The minimum absolute atomic E-state index is 0.290. The van der Waals surface area contributed by atoms with Gasteiger partial charge in [-0.3, -0.25) is 0 Å². The van der Waals surface area contributed by atoms with Gasteiger partial charge in [0.1, 0.15) is 0 Å². The van der Waals surface area contributed by atoms with E-state index in [2.05, 4.69) is 248 Å². The summed E-state index contributed by atoms with van der Waals surface area (Å²) >= 11 is 3.37. The molecule has 0 saturated heterocycles. The predicted molar refractivity (Wildman–Crippen MR) is 354 cm³/mol. The van der Waals surface area contributed by atoms with Crippen molar-refractivity contribution in [3.05, 3.63) is 161 Å². The average molecular weight is 1440 g/mol. The van der Waals surface area contributed by atoms with Gasteiger partial charge in [-0.15, -0.1) is 0 Å². The molecule has 0 atom stereocenters. The molecule has 3 nitrogen and oxygen atoms in total. The fourth-order valence-corrected chi connectivity index (χ4v) is 25.5. The normalized spacial score (nSPS) is 12.2. The zero-order chi connectivity index (χ0) is 58.7. The summed E-state index contributed by atoms with van der Waals surface area (Å²) in [6, 6.07) is 19.7. The van der Waals surface area contributed by atoms with Crippen molar-refractivity contribution in [3.8, 4) is 0 Å². The summed E-state index contributed by atoms with van der Waals surface area (Å²) in [4.78, 5) is 15.2. The molecule has 0 unspecified atom stereocenters. The van der Waals surface area contributed by atoms with Crippen LogP contribution in [0.15, 0.2) is 90.5 Å². The van der Waals surface area contributed by atoms with E-state index in [-0.39, 0.29) is 0 Å². The second-order valence-corrected chi connectivity index (χ2v) is 41.5. The number of benzene rings is 1. The van der Waals surface area contributed by atoms with Gasteiger partial charge in [0.15, 0.2) is 0 Å². The van der Waals surface area contributed by atoms with Crippen molar-refractivity contribution in [2.45, 2.75) is 213 Å². The molecule has 0 radical (unpaired) electrons.